The van der Waals surface area contributed by atoms with E-state index in [2.05, 4.69) is 118 Å². The molecule has 6 aromatic carbocycles. The summed E-state index contributed by atoms with van der Waals surface area (Å²) in [5.74, 6) is 1.27. The highest BCUT2D eigenvalue weighted by Gasteiger charge is 2.47. The van der Waals surface area contributed by atoms with Gasteiger partial charge < -0.3 is 0 Å². The van der Waals surface area contributed by atoms with Crippen LogP contribution in [-0.2, 0) is 0 Å². The highest BCUT2D eigenvalue weighted by molar-refractivity contribution is 8.00. The van der Waals surface area contributed by atoms with E-state index in [0.29, 0.717) is 5.95 Å². The van der Waals surface area contributed by atoms with Crippen LogP contribution in [0.25, 0.3) is 33.8 Å². The van der Waals surface area contributed by atoms with Crippen molar-refractivity contribution in [3.63, 3.8) is 0 Å². The highest BCUT2D eigenvalue weighted by Crippen LogP contribution is 2.33. The molecule has 3 aromatic heterocycles. The van der Waals surface area contributed by atoms with E-state index < -0.39 is 22.6 Å². The van der Waals surface area contributed by atoms with Gasteiger partial charge in [-0.05, 0) is 62.3 Å². The second-order valence-corrected chi connectivity index (χ2v) is 21.3. The Morgan fingerprint density at radius 1 is 0.627 bits per heavy atom. The molecule has 0 saturated carbocycles. The Bertz CT molecular complexity index is 2850. The van der Waals surface area contributed by atoms with E-state index in [0.717, 1.165) is 68.9 Å². The summed E-state index contributed by atoms with van der Waals surface area (Å²) < 4.78 is 31.4. The third-order valence-corrected chi connectivity index (χ3v) is 19.8. The summed E-state index contributed by atoms with van der Waals surface area (Å²) in [5.41, 5.74) is 3.89. The molecule has 1 unspecified atom stereocenters. The van der Waals surface area contributed by atoms with E-state index in [9.17, 15) is 0 Å². The van der Waals surface area contributed by atoms with Crippen LogP contribution in [0, 0.1) is 0 Å². The number of nitrogens with zero attached hydrogens (tertiary/aromatic N) is 5. The van der Waals surface area contributed by atoms with E-state index in [-0.39, 0.29) is 0 Å². The van der Waals surface area contributed by atoms with E-state index in [1.807, 2.05) is 61.3 Å². The van der Waals surface area contributed by atoms with Gasteiger partial charge in [0.15, 0.2) is 0 Å². The lowest BCUT2D eigenvalue weighted by molar-refractivity contribution is 0.975. The lowest BCUT2D eigenvalue weighted by Gasteiger charge is -2.39. The van der Waals surface area contributed by atoms with Gasteiger partial charge in [-0.1, -0.05) is 146 Å². The number of rotatable bonds is 5. The predicted molar refractivity (Wildman–Crippen MR) is 216 cm³/mol. The van der Waals surface area contributed by atoms with Crippen LogP contribution in [0.4, 0.5) is 0 Å². The number of hydrogen-bond donors (Lipinski definition) is 0. The number of fused-ring (bicyclic) bond motifs is 7. The molecule has 9 aromatic rings. The molecule has 5 nitrogen and oxygen atoms in total. The quantitative estimate of drug-likeness (QED) is 0.165. The molecule has 0 aliphatic carbocycles. The Morgan fingerprint density at radius 3 is 2.04 bits per heavy atom. The van der Waals surface area contributed by atoms with E-state index >= 15 is 0 Å². The molecule has 0 fully saturated rings. The fourth-order valence-corrected chi connectivity index (χ4v) is 18.2. The lowest BCUT2D eigenvalue weighted by Crippen LogP contribution is -2.77. The van der Waals surface area contributed by atoms with Gasteiger partial charge in [0.05, 0.1) is 22.1 Å². The zero-order valence-corrected chi connectivity index (χ0v) is 30.5. The van der Waals surface area contributed by atoms with Gasteiger partial charge in [0.25, 0.3) is 0 Å². The summed E-state index contributed by atoms with van der Waals surface area (Å²) in [6, 6.07) is 54.4. The van der Waals surface area contributed by atoms with Crippen molar-refractivity contribution in [1.29, 1.82) is 0 Å². The SMILES string of the molecule is [2H]C([2H])([2H])[Si]1(C)c2ccccc2Sc2c([Si](c3ccccc3)(c3ccccc3)c3ccnc(-n4c5ccccc5n5c6ccccc6nc45)n3)cccc21. The van der Waals surface area contributed by atoms with Crippen LogP contribution in [-0.4, -0.2) is 40.1 Å². The molecular formula is C43H33N5SSi2. The van der Waals surface area contributed by atoms with Crippen molar-refractivity contribution in [2.75, 3.05) is 0 Å². The Labute approximate surface area is 306 Å². The Hall–Kier alpha value is -5.55. The van der Waals surface area contributed by atoms with Crippen molar-refractivity contribution in [3.8, 4) is 5.95 Å². The van der Waals surface area contributed by atoms with Crippen LogP contribution in [0.1, 0.15) is 4.11 Å². The van der Waals surface area contributed by atoms with Gasteiger partial charge in [0.1, 0.15) is 8.07 Å². The van der Waals surface area contributed by atoms with E-state index in [1.165, 1.54) is 0 Å². The fourth-order valence-electron chi connectivity index (χ4n) is 8.06. The summed E-state index contributed by atoms with van der Waals surface area (Å²) in [6.45, 7) is -0.146. The second kappa shape index (κ2) is 11.5. The second-order valence-electron chi connectivity index (χ2n) is 13.2. The van der Waals surface area contributed by atoms with Gasteiger partial charge >= 0.3 is 0 Å². The van der Waals surface area contributed by atoms with Crippen molar-refractivity contribution >= 4 is 87.0 Å². The molecular weight excluding hydrogens is 675 g/mol. The molecule has 1 aliphatic heterocycles. The molecule has 51 heavy (non-hydrogen) atoms. The summed E-state index contributed by atoms with van der Waals surface area (Å²) in [4.78, 5) is 17.8. The van der Waals surface area contributed by atoms with E-state index in [4.69, 9.17) is 19.1 Å². The summed E-state index contributed by atoms with van der Waals surface area (Å²) in [5, 5.41) is 6.25. The van der Waals surface area contributed by atoms with E-state index in [1.54, 1.807) is 11.8 Å². The minimum atomic E-state index is -3.31. The Morgan fingerprint density at radius 2 is 1.27 bits per heavy atom. The topological polar surface area (TPSA) is 48.0 Å². The van der Waals surface area contributed by atoms with Crippen molar-refractivity contribution < 1.29 is 4.11 Å². The van der Waals surface area contributed by atoms with Crippen LogP contribution in [0.3, 0.4) is 0 Å². The molecule has 244 valence electrons. The van der Waals surface area contributed by atoms with Crippen LogP contribution < -0.4 is 31.3 Å². The summed E-state index contributed by atoms with van der Waals surface area (Å²) in [7, 11) is -6.58. The maximum absolute atomic E-state index is 9.05. The first-order chi connectivity index (χ1) is 26.3. The zero-order chi connectivity index (χ0) is 36.7. The van der Waals surface area contributed by atoms with Crippen LogP contribution in [0.15, 0.2) is 174 Å². The molecule has 8 heteroatoms. The molecule has 1 aliphatic rings. The molecule has 0 spiro atoms. The molecule has 10 rings (SSSR count). The van der Waals surface area contributed by atoms with Gasteiger partial charge in [0, 0.05) is 25.4 Å². The number of para-hydroxylation sites is 4. The minimum absolute atomic E-state index is 0.530. The molecule has 0 amide bonds. The summed E-state index contributed by atoms with van der Waals surface area (Å²) >= 11 is 1.70. The van der Waals surface area contributed by atoms with Crippen molar-refractivity contribution in [2.45, 2.75) is 22.8 Å². The average Bonchev–Trinajstić information content (AvgIpc) is 3.74. The molecule has 0 saturated heterocycles. The Balaban J connectivity index is 1.32. The van der Waals surface area contributed by atoms with Crippen LogP contribution in [0.5, 0.6) is 0 Å². The number of hydrogen-bond acceptors (Lipinski definition) is 4. The standard InChI is InChI=1S/C43H33N5SSi2/c1-50(2)37-25-14-13-24-36(37)49-41-38(50)26-15-27-39(41)51(30-16-5-3-6-17-30,31-18-7-4-8-19-31)40-28-29-44-42(46-40)48-35-23-12-11-22-34(35)47-33-21-10-9-20-32(33)45-43(47)48/h3-29H,1-2H3/i1D3. The first-order valence-corrected chi connectivity index (χ1v) is 22.4. The van der Waals surface area contributed by atoms with Gasteiger partial charge in [0.2, 0.25) is 19.8 Å². The van der Waals surface area contributed by atoms with Crippen LogP contribution in [0.2, 0.25) is 13.0 Å². The van der Waals surface area contributed by atoms with Gasteiger partial charge in [-0.25, -0.2) is 19.5 Å². The minimum Gasteiger partial charge on any atom is -0.276 e. The first kappa shape index (κ1) is 27.2. The molecule has 1 atom stereocenters. The Kier molecular flexibility index (Phi) is 6.13. The fraction of sp³-hybridized carbons (Fsp3) is 0.0465. The van der Waals surface area contributed by atoms with Gasteiger partial charge in [-0.3, -0.25) is 4.40 Å². The largest absolute Gasteiger partial charge is 0.276 e. The van der Waals surface area contributed by atoms with Crippen molar-refractivity contribution in [1.82, 2.24) is 23.9 Å². The van der Waals surface area contributed by atoms with Crippen molar-refractivity contribution in [3.05, 3.63) is 164 Å². The summed E-state index contributed by atoms with van der Waals surface area (Å²) in [6.07, 6.45) is 1.87. The number of benzene rings is 6. The number of aromatic nitrogens is 5. The maximum atomic E-state index is 9.05. The smallest absolute Gasteiger partial charge is 0.236 e. The lowest BCUT2D eigenvalue weighted by atomic mass is 10.3. The average molecular weight is 711 g/mol. The molecule has 4 heterocycles. The van der Waals surface area contributed by atoms with Gasteiger partial charge in [-0.2, -0.15) is 0 Å². The first-order valence-electron chi connectivity index (χ1n) is 18.5. The third-order valence-electron chi connectivity index (χ3n) is 10.3. The predicted octanol–water partition coefficient (Wildman–Crippen LogP) is 5.89. The highest BCUT2D eigenvalue weighted by atomic mass is 32.2. The molecule has 0 radical (unpaired) electrons. The van der Waals surface area contributed by atoms with Crippen LogP contribution >= 0.6 is 11.8 Å². The molecule has 0 N–H and O–H groups in total. The normalized spacial score (nSPS) is 16.8. The monoisotopic (exact) mass is 710 g/mol. The number of imidazole rings is 2. The van der Waals surface area contributed by atoms with Gasteiger partial charge in [-0.15, -0.1) is 0 Å². The maximum Gasteiger partial charge on any atom is 0.236 e. The third kappa shape index (κ3) is 4.37. The van der Waals surface area contributed by atoms with Crippen molar-refractivity contribution in [2.24, 2.45) is 0 Å². The molecule has 0 bridgehead atoms. The zero-order valence-electron chi connectivity index (χ0n) is 30.7.